The van der Waals surface area contributed by atoms with Crippen LogP contribution >= 0.6 is 0 Å². The fourth-order valence-corrected chi connectivity index (χ4v) is 1.72. The Balaban J connectivity index is 2.71. The summed E-state index contributed by atoms with van der Waals surface area (Å²) in [5, 5.41) is 3.59. The van der Waals surface area contributed by atoms with Crippen LogP contribution in [0.25, 0.3) is 0 Å². The monoisotopic (exact) mass is 219 g/mol. The van der Waals surface area contributed by atoms with E-state index in [0.29, 0.717) is 12.0 Å². The molecule has 0 amide bonds. The average molecular weight is 219 g/mol. The van der Waals surface area contributed by atoms with E-state index in [2.05, 4.69) is 59.0 Å². The van der Waals surface area contributed by atoms with Gasteiger partial charge in [0, 0.05) is 12.6 Å². The van der Waals surface area contributed by atoms with Gasteiger partial charge in [-0.25, -0.2) is 0 Å². The van der Waals surface area contributed by atoms with E-state index < -0.39 is 0 Å². The van der Waals surface area contributed by atoms with Crippen LogP contribution in [0.1, 0.15) is 43.0 Å². The Morgan fingerprint density at radius 2 is 1.50 bits per heavy atom. The van der Waals surface area contributed by atoms with E-state index in [4.69, 9.17) is 0 Å². The van der Waals surface area contributed by atoms with E-state index in [1.807, 2.05) is 0 Å². The molecule has 1 nitrogen and oxygen atoms in total. The minimum absolute atomic E-state index is 0.570. The van der Waals surface area contributed by atoms with E-state index in [1.54, 1.807) is 0 Å². The summed E-state index contributed by atoms with van der Waals surface area (Å²) in [5.74, 6) is 0.687. The minimum Gasteiger partial charge on any atom is -0.310 e. The Hall–Kier alpha value is -0.820. The predicted molar refractivity (Wildman–Crippen MR) is 71.8 cm³/mol. The molecule has 0 bridgehead atoms. The van der Waals surface area contributed by atoms with Crippen molar-refractivity contribution in [2.45, 2.75) is 54.1 Å². The van der Waals surface area contributed by atoms with Crippen molar-refractivity contribution in [3.8, 4) is 0 Å². The van der Waals surface area contributed by atoms with E-state index in [1.165, 1.54) is 22.3 Å². The van der Waals surface area contributed by atoms with Crippen molar-refractivity contribution < 1.29 is 0 Å². The van der Waals surface area contributed by atoms with Gasteiger partial charge in [0.05, 0.1) is 0 Å². The van der Waals surface area contributed by atoms with Gasteiger partial charge in [-0.1, -0.05) is 26.0 Å². The highest BCUT2D eigenvalue weighted by molar-refractivity contribution is 5.36. The lowest BCUT2D eigenvalue weighted by atomic mass is 10.00. The molecule has 1 N–H and O–H groups in total. The van der Waals surface area contributed by atoms with Crippen molar-refractivity contribution >= 4 is 0 Å². The van der Waals surface area contributed by atoms with Gasteiger partial charge in [0.15, 0.2) is 0 Å². The van der Waals surface area contributed by atoms with Crippen molar-refractivity contribution in [1.29, 1.82) is 0 Å². The molecule has 1 heteroatoms. The molecular formula is C15H25N. The zero-order chi connectivity index (χ0) is 12.3. The maximum absolute atomic E-state index is 3.59. The molecule has 0 radical (unpaired) electrons. The first-order valence-corrected chi connectivity index (χ1v) is 6.22. The third-order valence-electron chi connectivity index (χ3n) is 3.57. The Labute approximate surface area is 100 Å². The highest BCUT2D eigenvalue weighted by Gasteiger charge is 2.07. The van der Waals surface area contributed by atoms with Crippen LogP contribution in [0.2, 0.25) is 0 Å². The van der Waals surface area contributed by atoms with Gasteiger partial charge in [-0.15, -0.1) is 0 Å². The van der Waals surface area contributed by atoms with E-state index >= 15 is 0 Å². The Bertz CT molecular complexity index is 353. The topological polar surface area (TPSA) is 12.0 Å². The fourth-order valence-electron chi connectivity index (χ4n) is 1.72. The van der Waals surface area contributed by atoms with Gasteiger partial charge >= 0.3 is 0 Å². The summed E-state index contributed by atoms with van der Waals surface area (Å²) in [7, 11) is 0. The van der Waals surface area contributed by atoms with Gasteiger partial charge < -0.3 is 5.32 Å². The van der Waals surface area contributed by atoms with Crippen LogP contribution < -0.4 is 5.32 Å². The summed E-state index contributed by atoms with van der Waals surface area (Å²) >= 11 is 0. The molecule has 90 valence electrons. The maximum Gasteiger partial charge on any atom is 0.0210 e. The molecule has 0 aliphatic rings. The van der Waals surface area contributed by atoms with E-state index in [9.17, 15) is 0 Å². The van der Waals surface area contributed by atoms with Crippen LogP contribution in [0.5, 0.6) is 0 Å². The highest BCUT2D eigenvalue weighted by atomic mass is 14.9. The van der Waals surface area contributed by atoms with Gasteiger partial charge in [0.1, 0.15) is 0 Å². The summed E-state index contributed by atoms with van der Waals surface area (Å²) < 4.78 is 0. The molecule has 0 heterocycles. The van der Waals surface area contributed by atoms with Crippen LogP contribution in [0.15, 0.2) is 12.1 Å². The molecule has 16 heavy (non-hydrogen) atoms. The molecule has 0 saturated carbocycles. The van der Waals surface area contributed by atoms with Crippen molar-refractivity contribution in [1.82, 2.24) is 5.32 Å². The van der Waals surface area contributed by atoms with Crippen LogP contribution in [-0.2, 0) is 6.54 Å². The number of rotatable bonds is 4. The lowest BCUT2D eigenvalue weighted by Gasteiger charge is -2.19. The van der Waals surface area contributed by atoms with Crippen molar-refractivity contribution in [2.75, 3.05) is 0 Å². The molecule has 0 aromatic heterocycles. The second kappa shape index (κ2) is 5.49. The lowest BCUT2D eigenvalue weighted by Crippen LogP contribution is -2.30. The second-order valence-electron chi connectivity index (χ2n) is 5.28. The summed E-state index contributed by atoms with van der Waals surface area (Å²) in [6.45, 7) is 14.3. The quantitative estimate of drug-likeness (QED) is 0.813. The Morgan fingerprint density at radius 1 is 0.938 bits per heavy atom. The van der Waals surface area contributed by atoms with Crippen molar-refractivity contribution in [3.05, 3.63) is 34.4 Å². The third-order valence-corrected chi connectivity index (χ3v) is 3.57. The van der Waals surface area contributed by atoms with Crippen LogP contribution in [0.3, 0.4) is 0 Å². The van der Waals surface area contributed by atoms with Crippen molar-refractivity contribution in [2.24, 2.45) is 5.92 Å². The SMILES string of the molecule is Cc1cc(C)c(CNC(C)C(C)C)cc1C. The smallest absolute Gasteiger partial charge is 0.0210 e. The second-order valence-corrected chi connectivity index (χ2v) is 5.28. The molecule has 0 aliphatic heterocycles. The number of aryl methyl sites for hydroxylation is 3. The molecule has 1 unspecified atom stereocenters. The molecule has 0 spiro atoms. The summed E-state index contributed by atoms with van der Waals surface area (Å²) in [6.07, 6.45) is 0. The highest BCUT2D eigenvalue weighted by Crippen LogP contribution is 2.15. The van der Waals surface area contributed by atoms with E-state index in [0.717, 1.165) is 6.54 Å². The summed E-state index contributed by atoms with van der Waals surface area (Å²) in [5.41, 5.74) is 5.60. The molecule has 1 aromatic rings. The van der Waals surface area contributed by atoms with Gasteiger partial charge in [-0.3, -0.25) is 0 Å². The van der Waals surface area contributed by atoms with Gasteiger partial charge in [0.25, 0.3) is 0 Å². The average Bonchev–Trinajstić information content (AvgIpc) is 2.20. The zero-order valence-electron chi connectivity index (χ0n) is 11.5. The first kappa shape index (κ1) is 13.2. The summed E-state index contributed by atoms with van der Waals surface area (Å²) in [4.78, 5) is 0. The van der Waals surface area contributed by atoms with Crippen molar-refractivity contribution in [3.63, 3.8) is 0 Å². The summed E-state index contributed by atoms with van der Waals surface area (Å²) in [6, 6.07) is 5.16. The number of hydrogen-bond acceptors (Lipinski definition) is 1. The molecule has 1 aromatic carbocycles. The lowest BCUT2D eigenvalue weighted by molar-refractivity contribution is 0.426. The molecular weight excluding hydrogens is 194 g/mol. The maximum atomic E-state index is 3.59. The molecule has 0 aliphatic carbocycles. The number of benzene rings is 1. The molecule has 1 rings (SSSR count). The Morgan fingerprint density at radius 3 is 2.06 bits per heavy atom. The molecule has 0 fully saturated rings. The van der Waals surface area contributed by atoms with Gasteiger partial charge in [-0.2, -0.15) is 0 Å². The van der Waals surface area contributed by atoms with Crippen LogP contribution in [0.4, 0.5) is 0 Å². The first-order valence-electron chi connectivity index (χ1n) is 6.22. The number of nitrogens with one attached hydrogen (secondary N) is 1. The standard InChI is InChI=1S/C15H25N/c1-10(2)14(6)16-9-15-8-12(4)11(3)7-13(15)5/h7-8,10,14,16H,9H2,1-6H3. The Kier molecular flexibility index (Phi) is 4.55. The van der Waals surface area contributed by atoms with Crippen LogP contribution in [-0.4, -0.2) is 6.04 Å². The zero-order valence-corrected chi connectivity index (χ0v) is 11.5. The normalized spacial score (nSPS) is 13.2. The molecule has 0 saturated heterocycles. The molecule has 1 atom stereocenters. The minimum atomic E-state index is 0.570. The van der Waals surface area contributed by atoms with Gasteiger partial charge in [0.2, 0.25) is 0 Å². The van der Waals surface area contributed by atoms with Gasteiger partial charge in [-0.05, 0) is 55.9 Å². The van der Waals surface area contributed by atoms with Crippen LogP contribution in [0, 0.1) is 26.7 Å². The first-order chi connectivity index (χ1) is 7.41. The third kappa shape index (κ3) is 3.34. The number of hydrogen-bond donors (Lipinski definition) is 1. The van der Waals surface area contributed by atoms with E-state index in [-0.39, 0.29) is 0 Å². The predicted octanol–water partition coefficient (Wildman–Crippen LogP) is 3.75. The fraction of sp³-hybridized carbons (Fsp3) is 0.600. The largest absolute Gasteiger partial charge is 0.310 e.